The predicted molar refractivity (Wildman–Crippen MR) is 111 cm³/mol. The molecule has 30 heavy (non-hydrogen) atoms. The van der Waals surface area contributed by atoms with Crippen LogP contribution in [0.2, 0.25) is 0 Å². The molecule has 0 saturated heterocycles. The zero-order valence-corrected chi connectivity index (χ0v) is 17.9. The minimum Gasteiger partial charge on any atom is -0.384 e. The second-order valence-corrected chi connectivity index (χ2v) is 9.50. The van der Waals surface area contributed by atoms with Crippen LogP contribution in [-0.2, 0) is 11.0 Å². The number of Topliss-reactive ketones (excluding diaryl/α,β-unsaturated/α-hetero) is 1. The Balaban J connectivity index is 1.95. The average molecular weight is 494 g/mol. The fourth-order valence-electron chi connectivity index (χ4n) is 3.97. The summed E-state index contributed by atoms with van der Waals surface area (Å²) < 4.78 is 40.7. The number of nitriles is 1. The highest BCUT2D eigenvalue weighted by Crippen LogP contribution is 2.48. The highest BCUT2D eigenvalue weighted by atomic mass is 79.9. The molecule has 0 radical (unpaired) electrons. The lowest BCUT2D eigenvalue weighted by Gasteiger charge is -2.39. The summed E-state index contributed by atoms with van der Waals surface area (Å²) in [7, 11) is 0. The summed E-state index contributed by atoms with van der Waals surface area (Å²) in [6.07, 6.45) is -3.13. The second-order valence-electron chi connectivity index (χ2n) is 7.01. The van der Waals surface area contributed by atoms with Crippen LogP contribution in [0.3, 0.4) is 0 Å². The van der Waals surface area contributed by atoms with Crippen LogP contribution in [0.5, 0.6) is 0 Å². The molecule has 0 amide bonds. The molecule has 0 spiro atoms. The number of hydrogen-bond donors (Lipinski definition) is 1. The number of rotatable bonds is 2. The molecule has 2 N–H and O–H groups in total. The smallest absolute Gasteiger partial charge is 0.384 e. The van der Waals surface area contributed by atoms with Crippen LogP contribution in [0.4, 0.5) is 18.9 Å². The Labute approximate surface area is 183 Å². The third kappa shape index (κ3) is 3.44. The molecule has 1 aliphatic carbocycles. The molecule has 0 bridgehead atoms. The van der Waals surface area contributed by atoms with E-state index in [1.807, 2.05) is 12.1 Å². The van der Waals surface area contributed by atoms with Crippen LogP contribution in [0.1, 0.15) is 35.6 Å². The van der Waals surface area contributed by atoms with E-state index in [0.717, 1.165) is 20.8 Å². The van der Waals surface area contributed by atoms with E-state index in [-0.39, 0.29) is 22.9 Å². The number of carbonyl (C=O) groups is 1. The van der Waals surface area contributed by atoms with E-state index in [0.29, 0.717) is 30.5 Å². The van der Waals surface area contributed by atoms with Crippen LogP contribution in [-0.4, -0.2) is 5.78 Å². The van der Waals surface area contributed by atoms with Crippen LogP contribution in [0, 0.1) is 11.3 Å². The number of hydrogen-bond acceptors (Lipinski definition) is 5. The quantitative estimate of drug-likeness (QED) is 0.570. The Bertz CT molecular complexity index is 1140. The number of nitrogens with zero attached hydrogens (tertiary/aromatic N) is 2. The minimum absolute atomic E-state index is 0.0554. The number of anilines is 1. The third-order valence-corrected chi connectivity index (χ3v) is 6.91. The van der Waals surface area contributed by atoms with Gasteiger partial charge in [-0.25, -0.2) is 0 Å². The van der Waals surface area contributed by atoms with Crippen molar-refractivity contribution in [3.63, 3.8) is 0 Å². The molecular weight excluding hydrogens is 479 g/mol. The van der Waals surface area contributed by atoms with Gasteiger partial charge < -0.3 is 5.73 Å². The first-order valence-corrected chi connectivity index (χ1v) is 10.7. The molecule has 2 aliphatic rings. The van der Waals surface area contributed by atoms with E-state index in [2.05, 4.69) is 22.0 Å². The highest BCUT2D eigenvalue weighted by Gasteiger charge is 2.41. The molecule has 4 rings (SSSR count). The first kappa shape index (κ1) is 20.7. The van der Waals surface area contributed by atoms with Crippen molar-refractivity contribution in [3.8, 4) is 6.07 Å². The maximum atomic E-state index is 13.3. The third-order valence-electron chi connectivity index (χ3n) is 5.22. The molecule has 1 aliphatic heterocycles. The SMILES string of the molecule is N#CC1=C(N)N(c2cccc(C(F)(F)F)c2)C2=C(C(=O)CCC2)[C@H]1c1ccc(Br)s1. The van der Waals surface area contributed by atoms with Gasteiger partial charge in [0.15, 0.2) is 5.78 Å². The van der Waals surface area contributed by atoms with Crippen molar-refractivity contribution in [2.45, 2.75) is 31.4 Å². The summed E-state index contributed by atoms with van der Waals surface area (Å²) in [4.78, 5) is 15.2. The number of benzene rings is 1. The highest BCUT2D eigenvalue weighted by molar-refractivity contribution is 9.11. The summed E-state index contributed by atoms with van der Waals surface area (Å²) in [6, 6.07) is 10.5. The number of carbonyl (C=O) groups excluding carboxylic acids is 1. The van der Waals surface area contributed by atoms with Crippen LogP contribution in [0.25, 0.3) is 0 Å². The zero-order chi connectivity index (χ0) is 21.6. The number of thiophene rings is 1. The second kappa shape index (κ2) is 7.60. The van der Waals surface area contributed by atoms with Crippen LogP contribution in [0.15, 0.2) is 62.8 Å². The summed E-state index contributed by atoms with van der Waals surface area (Å²) in [5.41, 5.74) is 6.90. The summed E-state index contributed by atoms with van der Waals surface area (Å²) in [6.45, 7) is 0. The molecular formula is C21H15BrF3N3OS. The van der Waals surface area contributed by atoms with Gasteiger partial charge in [0.2, 0.25) is 0 Å². The largest absolute Gasteiger partial charge is 0.416 e. The monoisotopic (exact) mass is 493 g/mol. The van der Waals surface area contributed by atoms with Gasteiger partial charge in [0.1, 0.15) is 5.82 Å². The van der Waals surface area contributed by atoms with Gasteiger partial charge in [-0.3, -0.25) is 9.69 Å². The van der Waals surface area contributed by atoms with Crippen molar-refractivity contribution in [2.75, 3.05) is 4.90 Å². The number of ketones is 1. The first-order valence-electron chi connectivity index (χ1n) is 9.11. The molecule has 0 fully saturated rings. The van der Waals surface area contributed by atoms with Gasteiger partial charge in [-0.15, -0.1) is 11.3 Å². The Morgan fingerprint density at radius 3 is 2.63 bits per heavy atom. The summed E-state index contributed by atoms with van der Waals surface area (Å²) in [5.74, 6) is -0.668. The summed E-state index contributed by atoms with van der Waals surface area (Å²) >= 11 is 4.80. The van der Waals surface area contributed by atoms with E-state index in [9.17, 15) is 23.2 Å². The van der Waals surface area contributed by atoms with Crippen molar-refractivity contribution < 1.29 is 18.0 Å². The first-order chi connectivity index (χ1) is 14.2. The molecule has 1 aromatic carbocycles. The minimum atomic E-state index is -4.52. The van der Waals surface area contributed by atoms with Gasteiger partial charge in [0.05, 0.1) is 26.9 Å². The van der Waals surface area contributed by atoms with Crippen molar-refractivity contribution in [3.05, 3.63) is 73.3 Å². The predicted octanol–water partition coefficient (Wildman–Crippen LogP) is 5.83. The van der Waals surface area contributed by atoms with E-state index < -0.39 is 17.7 Å². The van der Waals surface area contributed by atoms with Gasteiger partial charge in [-0.2, -0.15) is 18.4 Å². The molecule has 1 atom stereocenters. The van der Waals surface area contributed by atoms with Crippen molar-refractivity contribution in [1.29, 1.82) is 5.26 Å². The topological polar surface area (TPSA) is 70.1 Å². The number of nitrogens with two attached hydrogens (primary N) is 1. The summed E-state index contributed by atoms with van der Waals surface area (Å²) in [5, 5.41) is 9.89. The van der Waals surface area contributed by atoms with Gasteiger partial charge in [0, 0.05) is 28.3 Å². The Morgan fingerprint density at radius 2 is 2.00 bits per heavy atom. The van der Waals surface area contributed by atoms with Gasteiger partial charge >= 0.3 is 6.18 Å². The molecule has 1 aromatic heterocycles. The van der Waals surface area contributed by atoms with E-state index in [4.69, 9.17) is 5.73 Å². The van der Waals surface area contributed by atoms with Gasteiger partial charge in [-0.1, -0.05) is 6.07 Å². The maximum absolute atomic E-state index is 13.3. The Kier molecular flexibility index (Phi) is 5.24. The molecule has 0 saturated carbocycles. The Hall–Kier alpha value is -2.57. The van der Waals surface area contributed by atoms with E-state index in [1.54, 1.807) is 0 Å². The molecule has 4 nitrogen and oxygen atoms in total. The maximum Gasteiger partial charge on any atom is 0.416 e. The molecule has 154 valence electrons. The van der Waals surface area contributed by atoms with Crippen molar-refractivity contribution in [1.82, 2.24) is 0 Å². The van der Waals surface area contributed by atoms with Gasteiger partial charge in [-0.05, 0) is 59.1 Å². The molecule has 9 heteroatoms. The normalized spacial score (nSPS) is 19.8. The van der Waals surface area contributed by atoms with Crippen molar-refractivity contribution in [2.24, 2.45) is 5.73 Å². The standard InChI is InChI=1S/C21H15BrF3N3OS/c22-17-8-7-16(30-17)18-13(10-26)20(27)28(14-5-2-6-15(29)19(14)18)12-4-1-3-11(9-12)21(23,24)25/h1,3-4,7-9,18H,2,5-6,27H2/t18-/m1/s1. The fraction of sp³-hybridized carbons (Fsp3) is 0.238. The van der Waals surface area contributed by atoms with E-state index in [1.165, 1.54) is 28.4 Å². The van der Waals surface area contributed by atoms with Crippen LogP contribution >= 0.6 is 27.3 Å². The Morgan fingerprint density at radius 1 is 1.23 bits per heavy atom. The molecule has 2 heterocycles. The van der Waals surface area contributed by atoms with Crippen LogP contribution < -0.4 is 10.6 Å². The lowest BCUT2D eigenvalue weighted by atomic mass is 9.78. The molecule has 2 aromatic rings. The van der Waals surface area contributed by atoms with Crippen molar-refractivity contribution >= 4 is 38.7 Å². The number of alkyl halides is 3. The van der Waals surface area contributed by atoms with Gasteiger partial charge in [0.25, 0.3) is 0 Å². The lowest BCUT2D eigenvalue weighted by Crippen LogP contribution is -2.38. The fourth-order valence-corrected chi connectivity index (χ4v) is 5.51. The van der Waals surface area contributed by atoms with E-state index >= 15 is 0 Å². The number of allylic oxidation sites excluding steroid dienone is 3. The zero-order valence-electron chi connectivity index (χ0n) is 15.5. The average Bonchev–Trinajstić information content (AvgIpc) is 3.12. The lowest BCUT2D eigenvalue weighted by molar-refractivity contribution is -0.137. The number of halogens is 4. The molecule has 0 unspecified atom stereocenters.